The predicted octanol–water partition coefficient (Wildman–Crippen LogP) is 3.48. The first-order chi connectivity index (χ1) is 12.3. The molecule has 4 rings (SSSR count). The zero-order valence-corrected chi connectivity index (χ0v) is 14.2. The van der Waals surface area contributed by atoms with Crippen LogP contribution in [0.1, 0.15) is 5.69 Å². The number of aromatic nitrogens is 3. The lowest BCUT2D eigenvalue weighted by Gasteiger charge is -2.09. The normalized spacial score (nSPS) is 10.9. The summed E-state index contributed by atoms with van der Waals surface area (Å²) in [6, 6.07) is 14.0. The lowest BCUT2D eigenvalue weighted by molar-refractivity contribution is -0.121. The van der Waals surface area contributed by atoms with Crippen molar-refractivity contribution in [3.8, 4) is 10.6 Å². The van der Waals surface area contributed by atoms with Crippen LogP contribution in [-0.4, -0.2) is 20.4 Å². The van der Waals surface area contributed by atoms with Crippen LogP contribution in [0.2, 0.25) is 0 Å². The molecule has 3 heterocycles. The molecule has 25 heavy (non-hydrogen) atoms. The lowest BCUT2D eigenvalue weighted by Crippen LogP contribution is -2.27. The number of thiophene rings is 1. The highest BCUT2D eigenvalue weighted by Crippen LogP contribution is 2.24. The summed E-state index contributed by atoms with van der Waals surface area (Å²) in [4.78, 5) is 22.2. The van der Waals surface area contributed by atoms with E-state index in [1.165, 1.54) is 0 Å². The van der Waals surface area contributed by atoms with Crippen molar-refractivity contribution in [2.75, 3.05) is 0 Å². The van der Waals surface area contributed by atoms with Gasteiger partial charge in [-0.05, 0) is 29.0 Å². The average Bonchev–Trinajstić information content (AvgIpc) is 3.31. The summed E-state index contributed by atoms with van der Waals surface area (Å²) >= 11 is 1.61. The van der Waals surface area contributed by atoms with Gasteiger partial charge in [-0.15, -0.1) is 11.3 Å². The van der Waals surface area contributed by atoms with Crippen molar-refractivity contribution in [2.45, 2.75) is 13.1 Å². The molecule has 0 saturated heterocycles. The minimum atomic E-state index is -0.0517. The first-order valence-corrected chi connectivity index (χ1v) is 8.83. The number of fused-ring (bicyclic) bond motifs is 1. The van der Waals surface area contributed by atoms with Gasteiger partial charge in [-0.1, -0.05) is 24.3 Å². The maximum absolute atomic E-state index is 12.3. The van der Waals surface area contributed by atoms with E-state index < -0.39 is 0 Å². The van der Waals surface area contributed by atoms with Gasteiger partial charge in [0.2, 0.25) is 5.91 Å². The molecule has 6 heteroatoms. The maximum atomic E-state index is 12.3. The number of nitrogens with one attached hydrogen (secondary N) is 1. The number of rotatable bonds is 5. The smallest absolute Gasteiger partial charge is 0.240 e. The summed E-state index contributed by atoms with van der Waals surface area (Å²) in [7, 11) is 0. The molecule has 3 aromatic heterocycles. The van der Waals surface area contributed by atoms with Gasteiger partial charge in [0, 0.05) is 24.1 Å². The van der Waals surface area contributed by atoms with E-state index in [9.17, 15) is 4.79 Å². The molecule has 0 radical (unpaired) electrons. The van der Waals surface area contributed by atoms with Crippen LogP contribution in [0.4, 0.5) is 0 Å². The van der Waals surface area contributed by atoms with Gasteiger partial charge in [0.25, 0.3) is 0 Å². The SMILES string of the molecule is O=C(Cn1ccc2ccccc21)NCc1nccnc1-c1cccs1. The summed E-state index contributed by atoms with van der Waals surface area (Å²) in [5.41, 5.74) is 2.65. The van der Waals surface area contributed by atoms with E-state index in [-0.39, 0.29) is 12.5 Å². The second-order valence-corrected chi connectivity index (χ2v) is 6.56. The first kappa shape index (κ1) is 15.5. The highest BCUT2D eigenvalue weighted by Gasteiger charge is 2.11. The van der Waals surface area contributed by atoms with Gasteiger partial charge in [-0.25, -0.2) is 0 Å². The molecule has 0 bridgehead atoms. The number of para-hydroxylation sites is 1. The minimum Gasteiger partial charge on any atom is -0.349 e. The molecular weight excluding hydrogens is 332 g/mol. The number of nitrogens with zero attached hydrogens (tertiary/aromatic N) is 3. The van der Waals surface area contributed by atoms with Gasteiger partial charge in [-0.3, -0.25) is 14.8 Å². The second-order valence-electron chi connectivity index (χ2n) is 5.61. The van der Waals surface area contributed by atoms with Gasteiger partial charge in [0.15, 0.2) is 0 Å². The van der Waals surface area contributed by atoms with E-state index in [0.29, 0.717) is 6.54 Å². The Hall–Kier alpha value is -2.99. The number of hydrogen-bond acceptors (Lipinski definition) is 4. The fourth-order valence-corrected chi connectivity index (χ4v) is 3.53. The van der Waals surface area contributed by atoms with Crippen LogP contribution < -0.4 is 5.32 Å². The van der Waals surface area contributed by atoms with Gasteiger partial charge >= 0.3 is 0 Å². The number of hydrogen-bond donors (Lipinski definition) is 1. The van der Waals surface area contributed by atoms with E-state index in [4.69, 9.17) is 0 Å². The van der Waals surface area contributed by atoms with Crippen molar-refractivity contribution in [3.05, 3.63) is 72.1 Å². The summed E-state index contributed by atoms with van der Waals surface area (Å²) in [6.07, 6.45) is 5.26. The molecule has 1 N–H and O–H groups in total. The third-order valence-electron chi connectivity index (χ3n) is 3.98. The van der Waals surface area contributed by atoms with Crippen LogP contribution in [0.25, 0.3) is 21.5 Å². The predicted molar refractivity (Wildman–Crippen MR) is 99.1 cm³/mol. The number of carbonyl (C=O) groups is 1. The first-order valence-electron chi connectivity index (χ1n) is 7.95. The number of amides is 1. The van der Waals surface area contributed by atoms with E-state index in [2.05, 4.69) is 15.3 Å². The fraction of sp³-hybridized carbons (Fsp3) is 0.105. The molecule has 1 aromatic carbocycles. The van der Waals surface area contributed by atoms with Crippen LogP contribution in [0.5, 0.6) is 0 Å². The molecule has 0 atom stereocenters. The van der Waals surface area contributed by atoms with E-state index in [1.807, 2.05) is 58.6 Å². The molecule has 5 nitrogen and oxygen atoms in total. The van der Waals surface area contributed by atoms with Crippen molar-refractivity contribution in [2.24, 2.45) is 0 Å². The molecular formula is C19H16N4OS. The van der Waals surface area contributed by atoms with Gasteiger partial charge in [-0.2, -0.15) is 0 Å². The van der Waals surface area contributed by atoms with Crippen LogP contribution in [0.3, 0.4) is 0 Å². The molecule has 0 aliphatic carbocycles. The minimum absolute atomic E-state index is 0.0517. The van der Waals surface area contributed by atoms with Crippen molar-refractivity contribution in [1.29, 1.82) is 0 Å². The summed E-state index contributed by atoms with van der Waals surface area (Å²) < 4.78 is 1.95. The number of benzene rings is 1. The quantitative estimate of drug-likeness (QED) is 0.601. The molecule has 0 unspecified atom stereocenters. The summed E-state index contributed by atoms with van der Waals surface area (Å²) in [5.74, 6) is -0.0517. The Morgan fingerprint density at radius 3 is 2.84 bits per heavy atom. The van der Waals surface area contributed by atoms with Crippen molar-refractivity contribution >= 4 is 28.1 Å². The molecule has 0 aliphatic heterocycles. The van der Waals surface area contributed by atoms with Crippen LogP contribution in [0, 0.1) is 0 Å². The van der Waals surface area contributed by atoms with E-state index in [1.54, 1.807) is 23.7 Å². The average molecular weight is 348 g/mol. The highest BCUT2D eigenvalue weighted by atomic mass is 32.1. The molecule has 4 aromatic rings. The van der Waals surface area contributed by atoms with Crippen molar-refractivity contribution in [1.82, 2.24) is 19.9 Å². The Kier molecular flexibility index (Phi) is 4.26. The Labute approximate surface area is 149 Å². The van der Waals surface area contributed by atoms with E-state index >= 15 is 0 Å². The standard InChI is InChI=1S/C19H16N4OS/c24-18(13-23-10-7-14-4-1-2-5-16(14)23)22-12-15-19(21-9-8-20-15)17-6-3-11-25-17/h1-11H,12-13H2,(H,22,24). The zero-order valence-electron chi connectivity index (χ0n) is 13.4. The van der Waals surface area contributed by atoms with Gasteiger partial charge < -0.3 is 9.88 Å². The largest absolute Gasteiger partial charge is 0.349 e. The Morgan fingerprint density at radius 1 is 1.08 bits per heavy atom. The molecule has 0 aliphatic rings. The van der Waals surface area contributed by atoms with Crippen LogP contribution in [0.15, 0.2) is 66.4 Å². The summed E-state index contributed by atoms with van der Waals surface area (Å²) in [5, 5.41) is 6.08. The molecule has 124 valence electrons. The maximum Gasteiger partial charge on any atom is 0.240 e. The third-order valence-corrected chi connectivity index (χ3v) is 4.85. The Balaban J connectivity index is 1.46. The van der Waals surface area contributed by atoms with Crippen molar-refractivity contribution < 1.29 is 4.79 Å². The lowest BCUT2D eigenvalue weighted by atomic mass is 10.2. The highest BCUT2D eigenvalue weighted by molar-refractivity contribution is 7.13. The van der Waals surface area contributed by atoms with Crippen LogP contribution >= 0.6 is 11.3 Å². The second kappa shape index (κ2) is 6.86. The molecule has 0 saturated carbocycles. The summed E-state index contributed by atoms with van der Waals surface area (Å²) in [6.45, 7) is 0.640. The molecule has 0 fully saturated rings. The Bertz CT molecular complexity index is 1010. The monoisotopic (exact) mass is 348 g/mol. The molecule has 1 amide bonds. The molecule has 0 spiro atoms. The Morgan fingerprint density at radius 2 is 1.96 bits per heavy atom. The van der Waals surface area contributed by atoms with Crippen molar-refractivity contribution in [3.63, 3.8) is 0 Å². The topological polar surface area (TPSA) is 59.8 Å². The number of carbonyl (C=O) groups excluding carboxylic acids is 1. The van der Waals surface area contributed by atoms with Crippen LogP contribution in [-0.2, 0) is 17.9 Å². The van der Waals surface area contributed by atoms with Gasteiger partial charge in [0.1, 0.15) is 12.2 Å². The fourth-order valence-electron chi connectivity index (χ4n) is 2.79. The van der Waals surface area contributed by atoms with E-state index in [0.717, 1.165) is 27.2 Å². The zero-order chi connectivity index (χ0) is 17.1. The van der Waals surface area contributed by atoms with Gasteiger partial charge in [0.05, 0.1) is 17.1 Å². The third kappa shape index (κ3) is 3.29.